The summed E-state index contributed by atoms with van der Waals surface area (Å²) >= 11 is 7.05. The molecule has 124 valence electrons. The van der Waals surface area contributed by atoms with Crippen molar-refractivity contribution in [1.29, 1.82) is 0 Å². The molecule has 1 atom stereocenters. The summed E-state index contributed by atoms with van der Waals surface area (Å²) < 4.78 is 2.80. The number of anilines is 2. The quantitative estimate of drug-likeness (QED) is 0.775. The van der Waals surface area contributed by atoms with Crippen LogP contribution in [0, 0.1) is 10.9 Å². The molecule has 4 nitrogen and oxygen atoms in total. The van der Waals surface area contributed by atoms with Gasteiger partial charge >= 0.3 is 0 Å². The highest BCUT2D eigenvalue weighted by Gasteiger charge is 2.21. The molecule has 0 saturated carbocycles. The van der Waals surface area contributed by atoms with Crippen molar-refractivity contribution in [3.63, 3.8) is 0 Å². The van der Waals surface area contributed by atoms with Crippen molar-refractivity contribution in [1.82, 2.24) is 14.7 Å². The summed E-state index contributed by atoms with van der Waals surface area (Å²) in [6.07, 6.45) is 5.12. The van der Waals surface area contributed by atoms with E-state index < -0.39 is 0 Å². The molecule has 1 aromatic heterocycles. The summed E-state index contributed by atoms with van der Waals surface area (Å²) in [6.45, 7) is 6.32. The van der Waals surface area contributed by atoms with Gasteiger partial charge in [0.1, 0.15) is 0 Å². The minimum atomic E-state index is 0.667. The standard InChI is InChI=1S/C17H24N4S2/c1-3-15-9-4-5-10-20(15)12-21-17(22)23-16(19-21)18-14-8-6-7-13(2)11-14/h6-8,11,15H,3-5,9-10,12H2,1-2H3,(H,18,19)/t15-/m0/s1. The Morgan fingerprint density at radius 3 is 3.04 bits per heavy atom. The van der Waals surface area contributed by atoms with Crippen LogP contribution in [0.3, 0.4) is 0 Å². The minimum Gasteiger partial charge on any atom is -0.330 e. The van der Waals surface area contributed by atoms with Gasteiger partial charge in [-0.15, -0.1) is 5.10 Å². The Labute approximate surface area is 147 Å². The number of piperidine rings is 1. The van der Waals surface area contributed by atoms with Gasteiger partial charge in [0.2, 0.25) is 5.13 Å². The molecule has 0 amide bonds. The average molecular weight is 349 g/mol. The van der Waals surface area contributed by atoms with Gasteiger partial charge in [-0.1, -0.05) is 36.8 Å². The van der Waals surface area contributed by atoms with Crippen LogP contribution < -0.4 is 5.32 Å². The number of nitrogens with zero attached hydrogens (tertiary/aromatic N) is 3. The van der Waals surface area contributed by atoms with Gasteiger partial charge in [-0.3, -0.25) is 4.90 Å². The maximum Gasteiger partial charge on any atom is 0.209 e. The van der Waals surface area contributed by atoms with E-state index >= 15 is 0 Å². The first kappa shape index (κ1) is 16.6. The van der Waals surface area contributed by atoms with Gasteiger partial charge in [0.25, 0.3) is 0 Å². The van der Waals surface area contributed by atoms with Crippen LogP contribution in [0.15, 0.2) is 24.3 Å². The third kappa shape index (κ3) is 4.19. The summed E-state index contributed by atoms with van der Waals surface area (Å²) in [7, 11) is 0. The van der Waals surface area contributed by atoms with Crippen LogP contribution in [0.2, 0.25) is 0 Å². The first-order valence-electron chi connectivity index (χ1n) is 8.31. The maximum absolute atomic E-state index is 5.51. The van der Waals surface area contributed by atoms with Crippen molar-refractivity contribution in [3.05, 3.63) is 33.8 Å². The van der Waals surface area contributed by atoms with E-state index in [4.69, 9.17) is 12.2 Å². The fraction of sp³-hybridized carbons (Fsp3) is 0.529. The van der Waals surface area contributed by atoms with Crippen molar-refractivity contribution in [3.8, 4) is 0 Å². The molecule has 1 N–H and O–H groups in total. The highest BCUT2D eigenvalue weighted by atomic mass is 32.1. The van der Waals surface area contributed by atoms with Gasteiger partial charge in [0.15, 0.2) is 3.95 Å². The smallest absolute Gasteiger partial charge is 0.209 e. The number of benzene rings is 1. The number of hydrogen-bond acceptors (Lipinski definition) is 5. The van der Waals surface area contributed by atoms with E-state index in [0.717, 1.165) is 28.0 Å². The van der Waals surface area contributed by atoms with E-state index in [-0.39, 0.29) is 0 Å². The fourth-order valence-electron chi connectivity index (χ4n) is 3.17. The predicted molar refractivity (Wildman–Crippen MR) is 100 cm³/mol. The summed E-state index contributed by atoms with van der Waals surface area (Å²) in [5, 5.41) is 8.91. The van der Waals surface area contributed by atoms with Crippen LogP contribution in [-0.4, -0.2) is 27.3 Å². The maximum atomic E-state index is 5.51. The summed E-state index contributed by atoms with van der Waals surface area (Å²) in [5.74, 6) is 0. The van der Waals surface area contributed by atoms with Gasteiger partial charge in [-0.05, 0) is 56.1 Å². The van der Waals surface area contributed by atoms with E-state index in [9.17, 15) is 0 Å². The number of hydrogen-bond donors (Lipinski definition) is 1. The Hall–Kier alpha value is -1.24. The van der Waals surface area contributed by atoms with Crippen molar-refractivity contribution in [2.75, 3.05) is 11.9 Å². The molecule has 0 unspecified atom stereocenters. The number of aryl methyl sites for hydroxylation is 1. The van der Waals surface area contributed by atoms with Crippen molar-refractivity contribution >= 4 is 34.4 Å². The second kappa shape index (κ2) is 7.55. The molecule has 0 aliphatic carbocycles. The van der Waals surface area contributed by atoms with Gasteiger partial charge in [0.05, 0.1) is 6.67 Å². The predicted octanol–water partition coefficient (Wildman–Crippen LogP) is 4.95. The average Bonchev–Trinajstić information content (AvgIpc) is 2.87. The molecular formula is C17H24N4S2. The molecule has 3 rings (SSSR count). The largest absolute Gasteiger partial charge is 0.330 e. The molecule has 1 aromatic carbocycles. The number of nitrogens with one attached hydrogen (secondary N) is 1. The van der Waals surface area contributed by atoms with Gasteiger partial charge in [0, 0.05) is 18.3 Å². The molecule has 1 aliphatic rings. The van der Waals surface area contributed by atoms with E-state index in [1.54, 1.807) is 11.3 Å². The zero-order valence-electron chi connectivity index (χ0n) is 13.8. The molecule has 2 heterocycles. The van der Waals surface area contributed by atoms with Crippen molar-refractivity contribution in [2.24, 2.45) is 0 Å². The molecule has 0 radical (unpaired) electrons. The molecule has 2 aromatic rings. The normalized spacial score (nSPS) is 19.0. The third-order valence-corrected chi connectivity index (χ3v) is 5.63. The lowest BCUT2D eigenvalue weighted by atomic mass is 10.0. The summed E-state index contributed by atoms with van der Waals surface area (Å²) in [4.78, 5) is 2.52. The molecule has 0 spiro atoms. The topological polar surface area (TPSA) is 33.1 Å². The van der Waals surface area contributed by atoms with Gasteiger partial charge in [-0.2, -0.15) is 0 Å². The van der Waals surface area contributed by atoms with Crippen LogP contribution in [-0.2, 0) is 6.67 Å². The van der Waals surface area contributed by atoms with Crippen LogP contribution in [0.5, 0.6) is 0 Å². The first-order valence-corrected chi connectivity index (χ1v) is 9.54. The Kier molecular flexibility index (Phi) is 5.46. The van der Waals surface area contributed by atoms with Crippen LogP contribution in [0.25, 0.3) is 0 Å². The second-order valence-corrected chi connectivity index (χ2v) is 7.80. The molecule has 23 heavy (non-hydrogen) atoms. The van der Waals surface area contributed by atoms with E-state index in [2.05, 4.69) is 47.4 Å². The van der Waals surface area contributed by atoms with Crippen LogP contribution >= 0.6 is 23.6 Å². The lowest BCUT2D eigenvalue weighted by molar-refractivity contribution is 0.101. The van der Waals surface area contributed by atoms with Crippen LogP contribution in [0.1, 0.15) is 38.2 Å². The molecule has 6 heteroatoms. The summed E-state index contributed by atoms with van der Waals surface area (Å²) in [6, 6.07) is 8.98. The molecular weight excluding hydrogens is 324 g/mol. The Morgan fingerprint density at radius 1 is 1.39 bits per heavy atom. The zero-order chi connectivity index (χ0) is 16.2. The molecule has 1 saturated heterocycles. The highest BCUT2D eigenvalue weighted by Crippen LogP contribution is 2.23. The van der Waals surface area contributed by atoms with E-state index in [1.165, 1.54) is 31.2 Å². The number of rotatable bonds is 5. The van der Waals surface area contributed by atoms with Crippen molar-refractivity contribution < 1.29 is 0 Å². The minimum absolute atomic E-state index is 0.667. The summed E-state index contributed by atoms with van der Waals surface area (Å²) in [5.41, 5.74) is 2.29. The van der Waals surface area contributed by atoms with Crippen LogP contribution in [0.4, 0.5) is 10.8 Å². The number of likely N-dealkylation sites (tertiary alicyclic amines) is 1. The van der Waals surface area contributed by atoms with Crippen molar-refractivity contribution in [2.45, 2.75) is 52.2 Å². The Bertz CT molecular complexity index is 707. The monoisotopic (exact) mass is 348 g/mol. The van der Waals surface area contributed by atoms with Gasteiger partial charge < -0.3 is 5.32 Å². The Balaban J connectivity index is 1.72. The highest BCUT2D eigenvalue weighted by molar-refractivity contribution is 7.73. The lowest BCUT2D eigenvalue weighted by Crippen LogP contribution is -2.40. The fourth-order valence-corrected chi connectivity index (χ4v) is 4.19. The Morgan fingerprint density at radius 2 is 2.26 bits per heavy atom. The number of aromatic nitrogens is 2. The molecule has 1 aliphatic heterocycles. The third-order valence-electron chi connectivity index (χ3n) is 4.41. The van der Waals surface area contributed by atoms with Gasteiger partial charge in [-0.25, -0.2) is 4.68 Å². The molecule has 0 bridgehead atoms. The zero-order valence-corrected chi connectivity index (χ0v) is 15.4. The SMILES string of the molecule is CC[C@H]1CCCCN1Cn1nc(Nc2cccc(C)c2)sc1=S. The lowest BCUT2D eigenvalue weighted by Gasteiger charge is -2.34. The first-order chi connectivity index (χ1) is 11.2. The molecule has 1 fully saturated rings. The van der Waals surface area contributed by atoms with E-state index in [0.29, 0.717) is 6.04 Å². The van der Waals surface area contributed by atoms with E-state index in [1.807, 2.05) is 10.7 Å². The second-order valence-electron chi connectivity index (χ2n) is 6.18.